The summed E-state index contributed by atoms with van der Waals surface area (Å²) >= 11 is 0. The van der Waals surface area contributed by atoms with Crippen LogP contribution in [0.2, 0.25) is 0 Å². The smallest absolute Gasteiger partial charge is 0.174 e. The Morgan fingerprint density at radius 3 is 2.41 bits per heavy atom. The lowest BCUT2D eigenvalue weighted by Gasteiger charge is -2.23. The second kappa shape index (κ2) is 8.00. The lowest BCUT2D eigenvalue weighted by Crippen LogP contribution is -2.18. The predicted octanol–water partition coefficient (Wildman–Crippen LogP) is 6.85. The molecule has 0 unspecified atom stereocenters. The fourth-order valence-corrected chi connectivity index (χ4v) is 3.03. The van der Waals surface area contributed by atoms with Gasteiger partial charge in [0.2, 0.25) is 0 Å². The average molecular weight is 389 g/mol. The molecule has 150 valence electrons. The zero-order chi connectivity index (χ0) is 21.2. The van der Waals surface area contributed by atoms with Crippen LogP contribution >= 0.6 is 0 Å². The van der Waals surface area contributed by atoms with Gasteiger partial charge in [0.15, 0.2) is 11.6 Å². The van der Waals surface area contributed by atoms with Crippen LogP contribution in [0, 0.1) is 13.8 Å². The van der Waals surface area contributed by atoms with Gasteiger partial charge in [0, 0.05) is 11.3 Å². The lowest BCUT2D eigenvalue weighted by atomic mass is 10.1. The number of ether oxygens (including phenoxy) is 1. The minimum atomic E-state index is -0.353. The summed E-state index contributed by atoms with van der Waals surface area (Å²) < 4.78 is 12.0. The molecule has 0 atom stereocenters. The molecule has 29 heavy (non-hydrogen) atoms. The minimum Gasteiger partial charge on any atom is -0.488 e. The summed E-state index contributed by atoms with van der Waals surface area (Å²) in [6, 6.07) is 12.1. The number of aromatic nitrogens is 2. The highest BCUT2D eigenvalue weighted by molar-refractivity contribution is 5.76. The highest BCUT2D eigenvalue weighted by atomic mass is 16.5. The van der Waals surface area contributed by atoms with E-state index in [0.717, 1.165) is 22.5 Å². The van der Waals surface area contributed by atoms with E-state index >= 15 is 0 Å². The molecule has 1 N–H and O–H groups in total. The van der Waals surface area contributed by atoms with Crippen molar-refractivity contribution in [1.82, 2.24) is 9.97 Å². The number of imidazole rings is 1. The van der Waals surface area contributed by atoms with E-state index in [4.69, 9.17) is 14.1 Å². The van der Waals surface area contributed by atoms with Gasteiger partial charge < -0.3 is 14.1 Å². The van der Waals surface area contributed by atoms with Crippen LogP contribution in [0.15, 0.2) is 71.9 Å². The molecule has 0 saturated heterocycles. The number of nitrogens with zero attached hydrogens (tertiary/aromatic N) is 1. The molecule has 0 radical (unpaired) electrons. The number of hydrogen-bond acceptors (Lipinski definition) is 3. The van der Waals surface area contributed by atoms with E-state index in [-0.39, 0.29) is 5.60 Å². The monoisotopic (exact) mass is 388 g/mol. The Morgan fingerprint density at radius 1 is 1.10 bits per heavy atom. The molecule has 1 aromatic carbocycles. The van der Waals surface area contributed by atoms with Crippen molar-refractivity contribution in [3.63, 3.8) is 0 Å². The fraction of sp³-hybridized carbons (Fsp3) is 0.240. The van der Waals surface area contributed by atoms with E-state index in [0.29, 0.717) is 23.1 Å². The normalized spacial score (nSPS) is 12.1. The van der Waals surface area contributed by atoms with Crippen molar-refractivity contribution in [1.29, 1.82) is 0 Å². The zero-order valence-corrected chi connectivity index (χ0v) is 17.8. The van der Waals surface area contributed by atoms with Crippen molar-refractivity contribution in [3.05, 3.63) is 84.5 Å². The van der Waals surface area contributed by atoms with Crippen molar-refractivity contribution in [3.8, 4) is 22.8 Å². The van der Waals surface area contributed by atoms with Crippen molar-refractivity contribution in [2.45, 2.75) is 40.2 Å². The molecular weight excluding hydrogens is 360 g/mol. The molecule has 0 fully saturated rings. The summed E-state index contributed by atoms with van der Waals surface area (Å²) in [5.41, 5.74) is 4.60. The third-order valence-electron chi connectivity index (χ3n) is 4.33. The van der Waals surface area contributed by atoms with Crippen LogP contribution in [-0.2, 0) is 4.74 Å². The van der Waals surface area contributed by atoms with Crippen molar-refractivity contribution >= 4 is 5.57 Å². The molecular formula is C25H28N2O2. The van der Waals surface area contributed by atoms with Gasteiger partial charge in [-0.3, -0.25) is 0 Å². The lowest BCUT2D eigenvalue weighted by molar-refractivity contribution is 0.0628. The van der Waals surface area contributed by atoms with Gasteiger partial charge in [-0.1, -0.05) is 49.1 Å². The highest BCUT2D eigenvalue weighted by Crippen LogP contribution is 2.32. The Hall–Kier alpha value is -3.27. The maximum Gasteiger partial charge on any atom is 0.174 e. The Bertz CT molecular complexity index is 1060. The first-order valence-electron chi connectivity index (χ1n) is 9.63. The maximum absolute atomic E-state index is 6.09. The highest BCUT2D eigenvalue weighted by Gasteiger charge is 2.20. The number of furan rings is 1. The van der Waals surface area contributed by atoms with E-state index in [1.807, 2.05) is 45.9 Å². The van der Waals surface area contributed by atoms with E-state index < -0.39 is 0 Å². The van der Waals surface area contributed by atoms with E-state index in [1.165, 1.54) is 5.56 Å². The second-order valence-electron chi connectivity index (χ2n) is 8.04. The molecule has 0 aliphatic rings. The van der Waals surface area contributed by atoms with Crippen molar-refractivity contribution in [2.24, 2.45) is 0 Å². The summed E-state index contributed by atoms with van der Waals surface area (Å²) in [6.45, 7) is 17.9. The Balaban J connectivity index is 1.92. The van der Waals surface area contributed by atoms with Gasteiger partial charge in [-0.25, -0.2) is 4.98 Å². The van der Waals surface area contributed by atoms with Gasteiger partial charge in [0.25, 0.3) is 0 Å². The van der Waals surface area contributed by atoms with Crippen LogP contribution < -0.4 is 0 Å². The molecule has 0 spiro atoms. The molecule has 3 aromatic rings. The first-order chi connectivity index (χ1) is 13.7. The van der Waals surface area contributed by atoms with E-state index in [1.54, 1.807) is 6.08 Å². The number of aryl methyl sites for hydroxylation is 2. The number of benzene rings is 1. The molecule has 2 heterocycles. The fourth-order valence-electron chi connectivity index (χ4n) is 3.03. The largest absolute Gasteiger partial charge is 0.488 e. The van der Waals surface area contributed by atoms with Crippen LogP contribution in [-0.4, -0.2) is 15.6 Å². The molecule has 0 saturated carbocycles. The number of nitrogens with one attached hydrogen (secondary N) is 1. The van der Waals surface area contributed by atoms with Crippen LogP contribution in [0.1, 0.15) is 37.8 Å². The molecule has 2 aromatic heterocycles. The molecule has 4 nitrogen and oxygen atoms in total. The van der Waals surface area contributed by atoms with Crippen LogP contribution in [0.3, 0.4) is 0 Å². The van der Waals surface area contributed by atoms with E-state index in [2.05, 4.69) is 49.3 Å². The molecule has 0 bridgehead atoms. The number of rotatable bonds is 6. The average Bonchev–Trinajstić information content (AvgIpc) is 3.25. The summed E-state index contributed by atoms with van der Waals surface area (Å²) in [5, 5.41) is 0. The van der Waals surface area contributed by atoms with Gasteiger partial charge in [0.05, 0.1) is 11.3 Å². The van der Waals surface area contributed by atoms with Gasteiger partial charge in [0.1, 0.15) is 17.1 Å². The van der Waals surface area contributed by atoms with Gasteiger partial charge in [-0.2, -0.15) is 0 Å². The third kappa shape index (κ3) is 4.77. The van der Waals surface area contributed by atoms with Crippen molar-refractivity contribution < 1.29 is 9.15 Å². The first kappa shape index (κ1) is 20.5. The maximum atomic E-state index is 6.09. The van der Waals surface area contributed by atoms with Crippen LogP contribution in [0.5, 0.6) is 0 Å². The predicted molar refractivity (Wildman–Crippen MR) is 119 cm³/mol. The Kier molecular flexibility index (Phi) is 5.64. The third-order valence-corrected chi connectivity index (χ3v) is 4.33. The van der Waals surface area contributed by atoms with Gasteiger partial charge in [-0.15, -0.1) is 0 Å². The quantitative estimate of drug-likeness (QED) is 0.371. The molecule has 3 rings (SSSR count). The number of allylic oxidation sites excluding steroid dienone is 3. The zero-order valence-electron chi connectivity index (χ0n) is 17.8. The summed E-state index contributed by atoms with van der Waals surface area (Å²) in [7, 11) is 0. The minimum absolute atomic E-state index is 0.353. The first-order valence-corrected chi connectivity index (χ1v) is 9.63. The number of aromatic amines is 1. The summed E-state index contributed by atoms with van der Waals surface area (Å²) in [4.78, 5) is 8.09. The van der Waals surface area contributed by atoms with Crippen molar-refractivity contribution in [2.75, 3.05) is 0 Å². The molecule has 0 amide bonds. The molecule has 0 aliphatic heterocycles. The molecule has 0 aliphatic carbocycles. The van der Waals surface area contributed by atoms with Gasteiger partial charge >= 0.3 is 0 Å². The van der Waals surface area contributed by atoms with Gasteiger partial charge in [-0.05, 0) is 52.8 Å². The topological polar surface area (TPSA) is 51.0 Å². The SMILES string of the molecule is C=C/C=C(\C(=C)OC(C)(C)C)c1ccc(-c2nc(-c3ccc(C)cc3)c(C)[nH]2)o1. The number of H-pyrrole nitrogens is 1. The second-order valence-corrected chi connectivity index (χ2v) is 8.04. The van der Waals surface area contributed by atoms with E-state index in [9.17, 15) is 0 Å². The Morgan fingerprint density at radius 2 is 1.79 bits per heavy atom. The number of hydrogen-bond donors (Lipinski definition) is 1. The standard InChI is InChI=1S/C25H28N2O2/c1-8-9-20(18(4)29-25(5,6)7)21-14-15-22(28-21)24-26-17(3)23(27-24)19-12-10-16(2)11-13-19/h8-15H,1,4H2,2-3,5-7H3,(H,26,27)/b20-9+. The molecule has 4 heteroatoms. The van der Waals surface area contributed by atoms with Crippen LogP contribution in [0.4, 0.5) is 0 Å². The Labute approximate surface area is 172 Å². The van der Waals surface area contributed by atoms with Crippen LogP contribution in [0.25, 0.3) is 28.4 Å². The summed E-state index contributed by atoms with van der Waals surface area (Å²) in [5.74, 6) is 2.53. The summed E-state index contributed by atoms with van der Waals surface area (Å²) in [6.07, 6.45) is 3.53.